The maximum absolute atomic E-state index is 9.84. The van der Waals surface area contributed by atoms with Crippen molar-refractivity contribution < 1.29 is 14.6 Å². The standard InChI is InChI=1S/C13H28O3/c1-6-8-11(14)12(7-2)16-10-9-13(3,4)15-5/h11-12,14H,6-10H2,1-5H3. The molecule has 0 saturated heterocycles. The highest BCUT2D eigenvalue weighted by Crippen LogP contribution is 2.15. The summed E-state index contributed by atoms with van der Waals surface area (Å²) in [5, 5.41) is 9.84. The fourth-order valence-corrected chi connectivity index (χ4v) is 1.54. The first-order valence-electron chi connectivity index (χ1n) is 6.31. The van der Waals surface area contributed by atoms with Crippen molar-refractivity contribution in [3.8, 4) is 0 Å². The molecule has 0 aliphatic heterocycles. The zero-order valence-corrected chi connectivity index (χ0v) is 11.5. The van der Waals surface area contributed by atoms with Crippen molar-refractivity contribution in [3.05, 3.63) is 0 Å². The van der Waals surface area contributed by atoms with Gasteiger partial charge in [-0.25, -0.2) is 0 Å². The molecule has 98 valence electrons. The Hall–Kier alpha value is -0.120. The third-order valence-corrected chi connectivity index (χ3v) is 3.00. The Kier molecular flexibility index (Phi) is 7.98. The van der Waals surface area contributed by atoms with E-state index in [0.717, 1.165) is 25.7 Å². The summed E-state index contributed by atoms with van der Waals surface area (Å²) in [4.78, 5) is 0. The van der Waals surface area contributed by atoms with Gasteiger partial charge in [-0.2, -0.15) is 0 Å². The molecule has 3 heteroatoms. The molecule has 0 fully saturated rings. The Labute approximate surface area is 100 Å². The third-order valence-electron chi connectivity index (χ3n) is 3.00. The minimum absolute atomic E-state index is 0.0346. The SMILES string of the molecule is CCCC(O)C(CC)OCCC(C)(C)OC. The number of hydrogen-bond donors (Lipinski definition) is 1. The van der Waals surface area contributed by atoms with E-state index in [0.29, 0.717) is 6.61 Å². The minimum Gasteiger partial charge on any atom is -0.390 e. The number of rotatable bonds is 9. The van der Waals surface area contributed by atoms with Crippen molar-refractivity contribution >= 4 is 0 Å². The van der Waals surface area contributed by atoms with E-state index in [2.05, 4.69) is 6.92 Å². The molecule has 0 aromatic carbocycles. The van der Waals surface area contributed by atoms with E-state index in [4.69, 9.17) is 9.47 Å². The lowest BCUT2D eigenvalue weighted by molar-refractivity contribution is -0.0673. The molecule has 0 aromatic rings. The van der Waals surface area contributed by atoms with Crippen LogP contribution in [-0.2, 0) is 9.47 Å². The fourth-order valence-electron chi connectivity index (χ4n) is 1.54. The van der Waals surface area contributed by atoms with Gasteiger partial charge in [-0.15, -0.1) is 0 Å². The van der Waals surface area contributed by atoms with Gasteiger partial charge in [-0.3, -0.25) is 0 Å². The highest BCUT2D eigenvalue weighted by Gasteiger charge is 2.20. The summed E-state index contributed by atoms with van der Waals surface area (Å²) in [7, 11) is 1.71. The maximum Gasteiger partial charge on any atom is 0.0831 e. The Morgan fingerprint density at radius 1 is 1.25 bits per heavy atom. The summed E-state index contributed by atoms with van der Waals surface area (Å²) in [5.74, 6) is 0. The number of methoxy groups -OCH3 is 1. The zero-order chi connectivity index (χ0) is 12.6. The third kappa shape index (κ3) is 6.46. The molecular weight excluding hydrogens is 204 g/mol. The van der Waals surface area contributed by atoms with Gasteiger partial charge < -0.3 is 14.6 Å². The molecule has 0 spiro atoms. The van der Waals surface area contributed by atoms with Crippen molar-refractivity contribution in [1.29, 1.82) is 0 Å². The summed E-state index contributed by atoms with van der Waals surface area (Å²) >= 11 is 0. The molecule has 0 heterocycles. The van der Waals surface area contributed by atoms with Gasteiger partial charge in [0.05, 0.1) is 17.8 Å². The number of aliphatic hydroxyl groups excluding tert-OH is 1. The van der Waals surface area contributed by atoms with Crippen LogP contribution in [0.2, 0.25) is 0 Å². The monoisotopic (exact) mass is 232 g/mol. The first-order valence-corrected chi connectivity index (χ1v) is 6.31. The zero-order valence-electron chi connectivity index (χ0n) is 11.5. The maximum atomic E-state index is 9.84. The molecule has 0 saturated carbocycles. The van der Waals surface area contributed by atoms with E-state index < -0.39 is 0 Å². The van der Waals surface area contributed by atoms with E-state index in [9.17, 15) is 5.11 Å². The lowest BCUT2D eigenvalue weighted by Gasteiger charge is -2.26. The van der Waals surface area contributed by atoms with Crippen LogP contribution in [0.4, 0.5) is 0 Å². The average Bonchev–Trinajstić information content (AvgIpc) is 2.24. The van der Waals surface area contributed by atoms with Crippen molar-refractivity contribution in [3.63, 3.8) is 0 Å². The summed E-state index contributed by atoms with van der Waals surface area (Å²) in [5.41, 5.74) is -0.145. The van der Waals surface area contributed by atoms with Gasteiger partial charge in [0.15, 0.2) is 0 Å². The van der Waals surface area contributed by atoms with Gasteiger partial charge in [0.2, 0.25) is 0 Å². The fraction of sp³-hybridized carbons (Fsp3) is 1.00. The Bertz CT molecular complexity index is 169. The largest absolute Gasteiger partial charge is 0.390 e. The summed E-state index contributed by atoms with van der Waals surface area (Å²) in [6.45, 7) is 8.84. The van der Waals surface area contributed by atoms with E-state index in [1.54, 1.807) is 7.11 Å². The molecule has 0 aliphatic rings. The molecule has 0 aliphatic carbocycles. The molecule has 0 bridgehead atoms. The lowest BCUT2D eigenvalue weighted by atomic mass is 10.0. The number of hydrogen-bond acceptors (Lipinski definition) is 3. The lowest BCUT2D eigenvalue weighted by Crippen LogP contribution is -2.31. The van der Waals surface area contributed by atoms with Crippen LogP contribution in [0, 0.1) is 0 Å². The van der Waals surface area contributed by atoms with Crippen LogP contribution < -0.4 is 0 Å². The Morgan fingerprint density at radius 2 is 1.88 bits per heavy atom. The smallest absolute Gasteiger partial charge is 0.0831 e. The van der Waals surface area contributed by atoms with Crippen molar-refractivity contribution in [1.82, 2.24) is 0 Å². The topological polar surface area (TPSA) is 38.7 Å². The molecule has 0 radical (unpaired) electrons. The van der Waals surface area contributed by atoms with Crippen molar-refractivity contribution in [2.75, 3.05) is 13.7 Å². The van der Waals surface area contributed by atoms with Crippen molar-refractivity contribution in [2.45, 2.75) is 71.2 Å². The second kappa shape index (κ2) is 8.04. The second-order valence-electron chi connectivity index (χ2n) is 4.89. The number of ether oxygens (including phenoxy) is 2. The number of aliphatic hydroxyl groups is 1. The van der Waals surface area contributed by atoms with E-state index in [1.807, 2.05) is 20.8 Å². The van der Waals surface area contributed by atoms with Crippen LogP contribution in [0.15, 0.2) is 0 Å². The van der Waals surface area contributed by atoms with Gasteiger partial charge in [-0.05, 0) is 33.1 Å². The normalized spacial score (nSPS) is 16.1. The van der Waals surface area contributed by atoms with Gasteiger partial charge in [-0.1, -0.05) is 20.3 Å². The molecule has 16 heavy (non-hydrogen) atoms. The molecule has 1 N–H and O–H groups in total. The highest BCUT2D eigenvalue weighted by atomic mass is 16.5. The first-order chi connectivity index (χ1) is 7.46. The van der Waals surface area contributed by atoms with E-state index in [-0.39, 0.29) is 17.8 Å². The molecule has 3 nitrogen and oxygen atoms in total. The predicted molar refractivity (Wildman–Crippen MR) is 66.7 cm³/mol. The first kappa shape index (κ1) is 15.9. The van der Waals surface area contributed by atoms with Gasteiger partial charge in [0.1, 0.15) is 0 Å². The quantitative estimate of drug-likeness (QED) is 0.664. The van der Waals surface area contributed by atoms with Gasteiger partial charge >= 0.3 is 0 Å². The Balaban J connectivity index is 3.87. The molecule has 0 aromatic heterocycles. The summed E-state index contributed by atoms with van der Waals surface area (Å²) in [6.07, 6.45) is 3.14. The van der Waals surface area contributed by atoms with Crippen LogP contribution in [0.5, 0.6) is 0 Å². The van der Waals surface area contributed by atoms with Crippen LogP contribution in [0.25, 0.3) is 0 Å². The van der Waals surface area contributed by atoms with Gasteiger partial charge in [0, 0.05) is 13.7 Å². The predicted octanol–water partition coefficient (Wildman–Crippen LogP) is 2.76. The van der Waals surface area contributed by atoms with Crippen molar-refractivity contribution in [2.24, 2.45) is 0 Å². The molecule has 0 amide bonds. The molecule has 2 atom stereocenters. The summed E-state index contributed by atoms with van der Waals surface area (Å²) in [6, 6.07) is 0. The van der Waals surface area contributed by atoms with Crippen LogP contribution in [0.1, 0.15) is 53.4 Å². The van der Waals surface area contributed by atoms with Crippen LogP contribution in [-0.4, -0.2) is 36.6 Å². The van der Waals surface area contributed by atoms with E-state index >= 15 is 0 Å². The molecule has 2 unspecified atom stereocenters. The molecular formula is C13H28O3. The highest BCUT2D eigenvalue weighted by molar-refractivity contribution is 4.70. The minimum atomic E-state index is -0.333. The average molecular weight is 232 g/mol. The summed E-state index contributed by atoms with van der Waals surface area (Å²) < 4.78 is 11.0. The Morgan fingerprint density at radius 3 is 2.31 bits per heavy atom. The molecule has 0 rings (SSSR count). The second-order valence-corrected chi connectivity index (χ2v) is 4.89. The van der Waals surface area contributed by atoms with Gasteiger partial charge in [0.25, 0.3) is 0 Å². The van der Waals surface area contributed by atoms with E-state index in [1.165, 1.54) is 0 Å². The van der Waals surface area contributed by atoms with Crippen LogP contribution in [0.3, 0.4) is 0 Å². The van der Waals surface area contributed by atoms with Crippen LogP contribution >= 0.6 is 0 Å².